The SMILES string of the molecule is CC(N=[P+]([O-])Oc1c(Oc2c(F)c(F)c(F)c(F)c2F)ccc2ccccc12)C(=O)OCc1ccccc1. The molecule has 6 nitrogen and oxygen atoms in total. The van der Waals surface area contributed by atoms with Crippen LogP contribution in [0.3, 0.4) is 0 Å². The summed E-state index contributed by atoms with van der Waals surface area (Å²) in [5.74, 6) is -14.4. The van der Waals surface area contributed by atoms with Gasteiger partial charge in [-0.3, -0.25) is 4.52 Å². The first kappa shape index (κ1) is 27.0. The average Bonchev–Trinajstić information content (AvgIpc) is 2.93. The van der Waals surface area contributed by atoms with Crippen LogP contribution >= 0.6 is 8.17 Å². The largest absolute Gasteiger partial charge is 0.575 e. The van der Waals surface area contributed by atoms with E-state index >= 15 is 0 Å². The molecular formula is C26H17F5NO5P. The predicted molar refractivity (Wildman–Crippen MR) is 126 cm³/mol. The van der Waals surface area contributed by atoms with Crippen LogP contribution in [-0.4, -0.2) is 12.0 Å². The Balaban J connectivity index is 1.63. The lowest BCUT2D eigenvalue weighted by molar-refractivity contribution is -0.169. The van der Waals surface area contributed by atoms with Crippen LogP contribution < -0.4 is 14.2 Å². The van der Waals surface area contributed by atoms with Crippen molar-refractivity contribution < 1.29 is 45.6 Å². The molecule has 0 bridgehead atoms. The number of rotatable bonds is 8. The molecular weight excluding hydrogens is 532 g/mol. The minimum atomic E-state index is -2.99. The molecule has 4 aromatic rings. The summed E-state index contributed by atoms with van der Waals surface area (Å²) in [4.78, 5) is 25.0. The smallest absolute Gasteiger partial charge is 0.395 e. The lowest BCUT2D eigenvalue weighted by atomic mass is 10.1. The van der Waals surface area contributed by atoms with Crippen molar-refractivity contribution in [1.82, 2.24) is 0 Å². The van der Waals surface area contributed by atoms with Crippen molar-refractivity contribution in [3.05, 3.63) is 101 Å². The molecule has 0 aliphatic carbocycles. The molecule has 0 aromatic heterocycles. The van der Waals surface area contributed by atoms with Crippen LogP contribution in [0.4, 0.5) is 22.0 Å². The summed E-state index contributed by atoms with van der Waals surface area (Å²) in [6, 6.07) is 16.5. The molecule has 4 aromatic carbocycles. The van der Waals surface area contributed by atoms with Crippen molar-refractivity contribution in [2.45, 2.75) is 19.6 Å². The first-order chi connectivity index (χ1) is 18.2. The zero-order valence-corrected chi connectivity index (χ0v) is 20.4. The van der Waals surface area contributed by atoms with Crippen molar-refractivity contribution in [2.75, 3.05) is 0 Å². The predicted octanol–water partition coefficient (Wildman–Crippen LogP) is 6.69. The van der Waals surface area contributed by atoms with Crippen LogP contribution in [0.2, 0.25) is 0 Å². The Morgan fingerprint density at radius 2 is 1.45 bits per heavy atom. The van der Waals surface area contributed by atoms with E-state index in [0.717, 1.165) is 11.6 Å². The van der Waals surface area contributed by atoms with Gasteiger partial charge in [0.25, 0.3) is 0 Å². The molecule has 0 spiro atoms. The van der Waals surface area contributed by atoms with Gasteiger partial charge in [0, 0.05) is 5.39 Å². The highest BCUT2D eigenvalue weighted by Crippen LogP contribution is 2.43. The number of carbonyl (C=O) groups excluding carboxylic acids is 1. The molecule has 2 unspecified atom stereocenters. The average molecular weight is 549 g/mol. The maximum Gasteiger partial charge on any atom is 0.395 e. The zero-order chi connectivity index (χ0) is 27.4. The fourth-order valence-corrected chi connectivity index (χ4v) is 4.09. The second-order valence-corrected chi connectivity index (χ2v) is 8.72. The number of benzene rings is 4. The molecule has 0 radical (unpaired) electrons. The van der Waals surface area contributed by atoms with E-state index in [0.29, 0.717) is 5.39 Å². The van der Waals surface area contributed by atoms with Crippen molar-refractivity contribution in [2.24, 2.45) is 4.74 Å². The standard InChI is InChI=1S/C26H17F5NO5P/c1-14(26(33)35-13-15-7-3-2-4-8-15)32-38(34)37-24-17-10-6-5-9-16(17)11-12-18(24)36-25-22(30)20(28)19(27)21(29)23(25)31/h2-12,14H,13H2,1H3. The fourth-order valence-electron chi connectivity index (χ4n) is 3.32. The normalized spacial score (nSPS) is 12.3. The molecule has 0 amide bonds. The van der Waals surface area contributed by atoms with E-state index in [1.54, 1.807) is 48.5 Å². The van der Waals surface area contributed by atoms with Gasteiger partial charge in [-0.2, -0.15) is 8.78 Å². The number of nitrogens with zero attached hydrogens (tertiary/aromatic N) is 1. The summed E-state index contributed by atoms with van der Waals surface area (Å²) in [5, 5.41) is 0.734. The lowest BCUT2D eigenvalue weighted by Crippen LogP contribution is -2.18. The van der Waals surface area contributed by atoms with E-state index in [4.69, 9.17) is 14.0 Å². The number of halogens is 5. The fraction of sp³-hybridized carbons (Fsp3) is 0.115. The van der Waals surface area contributed by atoms with Gasteiger partial charge in [-0.25, -0.2) is 18.0 Å². The molecule has 38 heavy (non-hydrogen) atoms. The van der Waals surface area contributed by atoms with Crippen LogP contribution in [0.25, 0.3) is 10.8 Å². The Hall–Kier alpha value is -4.08. The second-order valence-electron chi connectivity index (χ2n) is 7.83. The maximum absolute atomic E-state index is 14.2. The van der Waals surface area contributed by atoms with Gasteiger partial charge in [-0.1, -0.05) is 65.4 Å². The van der Waals surface area contributed by atoms with Crippen LogP contribution in [0.15, 0.2) is 71.5 Å². The second kappa shape index (κ2) is 11.5. The van der Waals surface area contributed by atoms with Gasteiger partial charge in [0.2, 0.25) is 40.6 Å². The third-order valence-electron chi connectivity index (χ3n) is 5.23. The molecule has 0 heterocycles. The van der Waals surface area contributed by atoms with Gasteiger partial charge < -0.3 is 14.4 Å². The van der Waals surface area contributed by atoms with E-state index in [9.17, 15) is 31.6 Å². The first-order valence-electron chi connectivity index (χ1n) is 10.9. The Kier molecular flexibility index (Phi) is 8.19. The van der Waals surface area contributed by atoms with Gasteiger partial charge in [-0.15, -0.1) is 0 Å². The Morgan fingerprint density at radius 1 is 0.842 bits per heavy atom. The maximum atomic E-state index is 14.2. The van der Waals surface area contributed by atoms with E-state index in [1.807, 2.05) is 0 Å². The quantitative estimate of drug-likeness (QED) is 0.0804. The van der Waals surface area contributed by atoms with Gasteiger partial charge in [-0.05, 0) is 23.9 Å². The van der Waals surface area contributed by atoms with Crippen LogP contribution in [0.1, 0.15) is 12.5 Å². The van der Waals surface area contributed by atoms with Gasteiger partial charge in [0.1, 0.15) is 6.61 Å². The molecule has 196 valence electrons. The minimum absolute atomic E-state index is 0.0413. The summed E-state index contributed by atoms with van der Waals surface area (Å²) < 4.78 is 88.6. The number of ether oxygens (including phenoxy) is 2. The van der Waals surface area contributed by atoms with Crippen molar-refractivity contribution in [3.8, 4) is 17.2 Å². The Bertz CT molecular complexity index is 1500. The number of carbonyl (C=O) groups is 1. The summed E-state index contributed by atoms with van der Waals surface area (Å²) in [6.07, 6.45) is 0. The molecule has 12 heteroatoms. The number of fused-ring (bicyclic) bond motifs is 1. The summed E-state index contributed by atoms with van der Waals surface area (Å²) in [7, 11) is -2.99. The third kappa shape index (κ3) is 5.74. The summed E-state index contributed by atoms with van der Waals surface area (Å²) in [6.45, 7) is 1.28. The van der Waals surface area contributed by atoms with Crippen LogP contribution in [0.5, 0.6) is 17.2 Å². The molecule has 2 atom stereocenters. The van der Waals surface area contributed by atoms with Crippen LogP contribution in [-0.2, 0) is 16.1 Å². The minimum Gasteiger partial charge on any atom is -0.575 e. The van der Waals surface area contributed by atoms with Gasteiger partial charge in [0.15, 0.2) is 11.8 Å². The molecule has 0 saturated carbocycles. The molecule has 0 N–H and O–H groups in total. The first-order valence-corrected chi connectivity index (χ1v) is 12.1. The van der Waals surface area contributed by atoms with Gasteiger partial charge in [0.05, 0.1) is 0 Å². The Labute approximate surface area is 213 Å². The topological polar surface area (TPSA) is 80.2 Å². The molecule has 0 saturated heterocycles. The molecule has 0 aliphatic rings. The number of esters is 1. The highest BCUT2D eigenvalue weighted by molar-refractivity contribution is 7.34. The molecule has 0 fully saturated rings. The van der Waals surface area contributed by atoms with Crippen LogP contribution in [0, 0.1) is 29.1 Å². The third-order valence-corrected chi connectivity index (χ3v) is 6.10. The van der Waals surface area contributed by atoms with Crippen molar-refractivity contribution in [3.63, 3.8) is 0 Å². The molecule has 0 aliphatic heterocycles. The van der Waals surface area contributed by atoms with E-state index in [-0.39, 0.29) is 17.7 Å². The lowest BCUT2D eigenvalue weighted by Gasteiger charge is -2.13. The van der Waals surface area contributed by atoms with E-state index in [1.165, 1.54) is 19.1 Å². The van der Waals surface area contributed by atoms with Gasteiger partial charge >= 0.3 is 14.1 Å². The van der Waals surface area contributed by atoms with E-state index in [2.05, 4.69) is 4.74 Å². The molecule has 4 rings (SSSR count). The zero-order valence-electron chi connectivity index (χ0n) is 19.5. The summed E-state index contributed by atoms with van der Waals surface area (Å²) in [5.41, 5.74) is 0.722. The number of hydrogen-bond donors (Lipinski definition) is 0. The Morgan fingerprint density at radius 3 is 2.13 bits per heavy atom. The van der Waals surface area contributed by atoms with Crippen molar-refractivity contribution >= 4 is 24.9 Å². The number of hydrogen-bond acceptors (Lipinski definition) is 6. The van der Waals surface area contributed by atoms with Crippen molar-refractivity contribution in [1.29, 1.82) is 0 Å². The highest BCUT2D eigenvalue weighted by atomic mass is 31.1. The summed E-state index contributed by atoms with van der Waals surface area (Å²) >= 11 is 0. The van der Waals surface area contributed by atoms with E-state index < -0.39 is 60.8 Å². The highest BCUT2D eigenvalue weighted by Gasteiger charge is 2.29. The monoisotopic (exact) mass is 549 g/mol.